The molecule has 0 radical (unpaired) electrons. The van der Waals surface area contributed by atoms with Gasteiger partial charge in [0.05, 0.1) is 0 Å². The SMILES string of the molecule is C#CCOC1[C@H](NCCCCC)C(=O)N1C(C(=O)O)=C(C)C. The van der Waals surface area contributed by atoms with Crippen molar-refractivity contribution < 1.29 is 19.4 Å². The molecule has 0 bridgehead atoms. The molecular weight excluding hydrogens is 284 g/mol. The lowest BCUT2D eigenvalue weighted by molar-refractivity contribution is -0.178. The molecule has 1 amide bonds. The maximum Gasteiger partial charge on any atom is 0.352 e. The zero-order valence-corrected chi connectivity index (χ0v) is 13.4. The number of carbonyl (C=O) groups excluding carboxylic acids is 1. The van der Waals surface area contributed by atoms with E-state index in [1.165, 1.54) is 4.90 Å². The number of hydrogen-bond donors (Lipinski definition) is 2. The van der Waals surface area contributed by atoms with Crippen LogP contribution in [0.15, 0.2) is 11.3 Å². The minimum atomic E-state index is -1.15. The van der Waals surface area contributed by atoms with E-state index in [-0.39, 0.29) is 18.2 Å². The molecule has 1 unspecified atom stereocenters. The fourth-order valence-corrected chi connectivity index (χ4v) is 2.38. The first kappa shape index (κ1) is 18.2. The number of β-lactam (4-membered cyclic amide) rings is 1. The van der Waals surface area contributed by atoms with Crippen molar-refractivity contribution in [3.8, 4) is 12.3 Å². The zero-order chi connectivity index (χ0) is 16.7. The highest BCUT2D eigenvalue weighted by Crippen LogP contribution is 2.28. The number of carbonyl (C=O) groups is 2. The second-order valence-electron chi connectivity index (χ2n) is 5.41. The molecule has 1 saturated heterocycles. The van der Waals surface area contributed by atoms with Gasteiger partial charge in [-0.25, -0.2) is 4.79 Å². The van der Waals surface area contributed by atoms with Gasteiger partial charge in [-0.15, -0.1) is 6.42 Å². The molecule has 6 nitrogen and oxygen atoms in total. The zero-order valence-electron chi connectivity index (χ0n) is 13.4. The van der Waals surface area contributed by atoms with Gasteiger partial charge in [0.25, 0.3) is 5.91 Å². The third kappa shape index (κ3) is 4.09. The minimum Gasteiger partial charge on any atom is -0.477 e. The maximum absolute atomic E-state index is 12.3. The predicted molar refractivity (Wildman–Crippen MR) is 82.7 cm³/mol. The summed E-state index contributed by atoms with van der Waals surface area (Å²) in [5, 5.41) is 12.4. The summed E-state index contributed by atoms with van der Waals surface area (Å²) in [5.74, 6) is 0.905. The van der Waals surface area contributed by atoms with E-state index in [9.17, 15) is 14.7 Å². The summed E-state index contributed by atoms with van der Waals surface area (Å²) in [6.07, 6.45) is 7.63. The Kier molecular flexibility index (Phi) is 7.09. The van der Waals surface area contributed by atoms with Crippen molar-refractivity contribution in [3.63, 3.8) is 0 Å². The molecule has 122 valence electrons. The quantitative estimate of drug-likeness (QED) is 0.291. The molecule has 0 spiro atoms. The van der Waals surface area contributed by atoms with Gasteiger partial charge in [-0.3, -0.25) is 9.69 Å². The number of hydrogen-bond acceptors (Lipinski definition) is 4. The molecule has 1 fully saturated rings. The number of rotatable bonds is 9. The number of nitrogens with one attached hydrogen (secondary N) is 1. The van der Waals surface area contributed by atoms with E-state index in [0.29, 0.717) is 12.1 Å². The lowest BCUT2D eigenvalue weighted by Gasteiger charge is -2.46. The van der Waals surface area contributed by atoms with Crippen LogP contribution in [0.25, 0.3) is 0 Å². The molecule has 6 heteroatoms. The van der Waals surface area contributed by atoms with Gasteiger partial charge >= 0.3 is 5.97 Å². The van der Waals surface area contributed by atoms with E-state index in [1.54, 1.807) is 13.8 Å². The highest BCUT2D eigenvalue weighted by molar-refractivity contribution is 5.99. The summed E-state index contributed by atoms with van der Waals surface area (Å²) in [6, 6.07) is -0.543. The van der Waals surface area contributed by atoms with Crippen LogP contribution in [0.2, 0.25) is 0 Å². The average Bonchev–Trinajstić information content (AvgIpc) is 2.46. The Morgan fingerprint density at radius 2 is 2.14 bits per heavy atom. The Hall–Kier alpha value is -1.84. The van der Waals surface area contributed by atoms with E-state index >= 15 is 0 Å². The Labute approximate surface area is 131 Å². The number of ether oxygens (including phenoxy) is 1. The van der Waals surface area contributed by atoms with Gasteiger partial charge in [-0.05, 0) is 32.4 Å². The summed E-state index contributed by atoms with van der Waals surface area (Å²) < 4.78 is 5.47. The molecule has 0 aromatic carbocycles. The second kappa shape index (κ2) is 8.57. The van der Waals surface area contributed by atoms with Gasteiger partial charge < -0.3 is 15.2 Å². The maximum atomic E-state index is 12.3. The largest absolute Gasteiger partial charge is 0.477 e. The molecule has 2 N–H and O–H groups in total. The van der Waals surface area contributed by atoms with Crippen LogP contribution in [0.4, 0.5) is 0 Å². The molecule has 22 heavy (non-hydrogen) atoms. The number of amides is 1. The van der Waals surface area contributed by atoms with Crippen molar-refractivity contribution in [2.24, 2.45) is 0 Å². The molecule has 1 heterocycles. The van der Waals surface area contributed by atoms with Crippen molar-refractivity contribution in [2.45, 2.75) is 52.3 Å². The third-order valence-corrected chi connectivity index (χ3v) is 3.44. The standard InChI is InChI=1S/C16H24N2O4/c1-5-7-8-9-17-12-14(19)18(15(12)22-10-6-2)13(11(3)4)16(20)21/h2,12,15,17H,5,7-10H2,1,3-4H3,(H,20,21)/t12-,15?/m1/s1. The summed E-state index contributed by atoms with van der Waals surface area (Å²) >= 11 is 0. The van der Waals surface area contributed by atoms with Crippen LogP contribution >= 0.6 is 0 Å². The van der Waals surface area contributed by atoms with E-state index in [2.05, 4.69) is 18.2 Å². The highest BCUT2D eigenvalue weighted by atomic mass is 16.5. The summed E-state index contributed by atoms with van der Waals surface area (Å²) in [4.78, 5) is 24.8. The number of carboxylic acids is 1. The van der Waals surface area contributed by atoms with E-state index < -0.39 is 18.2 Å². The van der Waals surface area contributed by atoms with Crippen LogP contribution in [0.1, 0.15) is 40.0 Å². The van der Waals surface area contributed by atoms with Crippen molar-refractivity contribution >= 4 is 11.9 Å². The van der Waals surface area contributed by atoms with E-state index in [4.69, 9.17) is 11.2 Å². The second-order valence-corrected chi connectivity index (χ2v) is 5.41. The number of likely N-dealkylation sites (tertiary alicyclic amines) is 1. The molecule has 0 aromatic heterocycles. The smallest absolute Gasteiger partial charge is 0.352 e. The average molecular weight is 308 g/mol. The highest BCUT2D eigenvalue weighted by Gasteiger charge is 2.51. The van der Waals surface area contributed by atoms with Gasteiger partial charge in [0.1, 0.15) is 18.3 Å². The Balaban J connectivity index is 2.82. The van der Waals surface area contributed by atoms with Gasteiger partial charge in [-0.1, -0.05) is 25.7 Å². The topological polar surface area (TPSA) is 78.9 Å². The van der Waals surface area contributed by atoms with Gasteiger partial charge in [0, 0.05) is 0 Å². The van der Waals surface area contributed by atoms with E-state index in [1.807, 2.05) is 0 Å². The van der Waals surface area contributed by atoms with Crippen molar-refractivity contribution in [1.82, 2.24) is 10.2 Å². The van der Waals surface area contributed by atoms with Crippen LogP contribution in [0.5, 0.6) is 0 Å². The van der Waals surface area contributed by atoms with Crippen LogP contribution < -0.4 is 5.32 Å². The normalized spacial score (nSPS) is 20.3. The first-order valence-corrected chi connectivity index (χ1v) is 7.48. The molecular formula is C16H24N2O4. The first-order valence-electron chi connectivity index (χ1n) is 7.48. The summed E-state index contributed by atoms with van der Waals surface area (Å²) in [5.41, 5.74) is 0.498. The minimum absolute atomic E-state index is 0.0250. The fraction of sp³-hybridized carbons (Fsp3) is 0.625. The van der Waals surface area contributed by atoms with Crippen LogP contribution in [0.3, 0.4) is 0 Å². The lowest BCUT2D eigenvalue weighted by Crippen LogP contribution is -2.71. The Morgan fingerprint density at radius 1 is 1.45 bits per heavy atom. The number of allylic oxidation sites excluding steroid dienone is 1. The summed E-state index contributed by atoms with van der Waals surface area (Å²) in [7, 11) is 0. The van der Waals surface area contributed by atoms with Crippen molar-refractivity contribution in [2.75, 3.05) is 13.2 Å². The van der Waals surface area contributed by atoms with Gasteiger partial charge in [0.2, 0.25) is 0 Å². The van der Waals surface area contributed by atoms with Crippen LogP contribution in [-0.4, -0.2) is 47.3 Å². The number of aliphatic carboxylic acids is 1. The predicted octanol–water partition coefficient (Wildman–Crippen LogP) is 1.33. The van der Waals surface area contributed by atoms with E-state index in [0.717, 1.165) is 19.3 Å². The molecule has 0 saturated carbocycles. The molecule has 1 rings (SSSR count). The number of unbranched alkanes of at least 4 members (excludes halogenated alkanes) is 2. The first-order chi connectivity index (χ1) is 10.5. The molecule has 1 aliphatic heterocycles. The molecule has 0 aliphatic carbocycles. The fourth-order valence-electron chi connectivity index (χ4n) is 2.38. The number of terminal acetylenes is 1. The molecule has 0 aromatic rings. The molecule has 1 aliphatic rings. The van der Waals surface area contributed by atoms with Crippen LogP contribution in [0, 0.1) is 12.3 Å². The molecule has 2 atom stereocenters. The summed E-state index contributed by atoms with van der Waals surface area (Å²) in [6.45, 7) is 6.11. The van der Waals surface area contributed by atoms with Crippen molar-refractivity contribution in [3.05, 3.63) is 11.3 Å². The Morgan fingerprint density at radius 3 is 2.64 bits per heavy atom. The monoisotopic (exact) mass is 308 g/mol. The number of nitrogens with zero attached hydrogens (tertiary/aromatic N) is 1. The third-order valence-electron chi connectivity index (χ3n) is 3.44. The lowest BCUT2D eigenvalue weighted by atomic mass is 10.0. The van der Waals surface area contributed by atoms with Crippen LogP contribution in [-0.2, 0) is 14.3 Å². The van der Waals surface area contributed by atoms with Crippen molar-refractivity contribution in [1.29, 1.82) is 0 Å². The van der Waals surface area contributed by atoms with Gasteiger partial charge in [0.15, 0.2) is 6.23 Å². The Bertz CT molecular complexity index is 489. The number of carboxylic acid groups (broad SMARTS) is 1. The van der Waals surface area contributed by atoms with Gasteiger partial charge in [-0.2, -0.15) is 0 Å².